The second kappa shape index (κ2) is 8.45. The minimum Gasteiger partial charge on any atom is -0.440 e. The highest BCUT2D eigenvalue weighted by Crippen LogP contribution is 2.27. The van der Waals surface area contributed by atoms with Gasteiger partial charge >= 0.3 is 0 Å². The minimum absolute atomic E-state index is 0.0301. The van der Waals surface area contributed by atoms with Crippen LogP contribution in [0.2, 0.25) is 0 Å². The van der Waals surface area contributed by atoms with Gasteiger partial charge in [-0.2, -0.15) is 0 Å². The predicted molar refractivity (Wildman–Crippen MR) is 111 cm³/mol. The van der Waals surface area contributed by atoms with Crippen LogP contribution in [0.25, 0.3) is 11.5 Å². The van der Waals surface area contributed by atoms with Crippen LogP contribution in [0.1, 0.15) is 36.0 Å². The van der Waals surface area contributed by atoms with Crippen molar-refractivity contribution in [2.75, 3.05) is 36.5 Å². The average Bonchev–Trinajstić information content (AvgIpc) is 3.22. The lowest BCUT2D eigenvalue weighted by molar-refractivity contribution is 0.102. The first kappa shape index (κ1) is 19.1. The number of ether oxygens (including phenoxy) is 1. The Balaban J connectivity index is 1.52. The monoisotopic (exact) mass is 392 g/mol. The van der Waals surface area contributed by atoms with Gasteiger partial charge in [0.05, 0.1) is 25.1 Å². The summed E-state index contributed by atoms with van der Waals surface area (Å²) in [7, 11) is 0. The number of aromatic nitrogens is 2. The second-order valence-corrected chi connectivity index (χ2v) is 7.21. The van der Waals surface area contributed by atoms with Crippen molar-refractivity contribution in [1.82, 2.24) is 9.97 Å². The van der Waals surface area contributed by atoms with E-state index in [4.69, 9.17) is 9.15 Å². The van der Waals surface area contributed by atoms with Crippen LogP contribution < -0.4 is 10.2 Å². The molecule has 1 aliphatic rings. The fourth-order valence-corrected chi connectivity index (χ4v) is 3.22. The fourth-order valence-electron chi connectivity index (χ4n) is 3.22. The van der Waals surface area contributed by atoms with Crippen molar-refractivity contribution in [2.24, 2.45) is 0 Å². The van der Waals surface area contributed by atoms with Gasteiger partial charge in [-0.1, -0.05) is 32.0 Å². The zero-order valence-electron chi connectivity index (χ0n) is 16.6. The average molecular weight is 392 g/mol. The highest BCUT2D eigenvalue weighted by molar-refractivity contribution is 6.03. The maximum atomic E-state index is 12.9. The number of nitrogens with zero attached hydrogens (tertiary/aromatic N) is 3. The Kier molecular flexibility index (Phi) is 5.57. The summed E-state index contributed by atoms with van der Waals surface area (Å²) in [6, 6.07) is 13.3. The van der Waals surface area contributed by atoms with E-state index in [0.717, 1.165) is 24.5 Å². The molecule has 1 aliphatic heterocycles. The van der Waals surface area contributed by atoms with Gasteiger partial charge in [0.2, 0.25) is 5.89 Å². The molecule has 1 saturated heterocycles. The van der Waals surface area contributed by atoms with Gasteiger partial charge in [0, 0.05) is 24.6 Å². The van der Waals surface area contributed by atoms with E-state index in [-0.39, 0.29) is 11.8 Å². The number of amides is 1. The lowest BCUT2D eigenvalue weighted by atomic mass is 10.1. The molecule has 7 nitrogen and oxygen atoms in total. The van der Waals surface area contributed by atoms with Crippen molar-refractivity contribution in [2.45, 2.75) is 19.8 Å². The van der Waals surface area contributed by atoms with Gasteiger partial charge in [-0.05, 0) is 24.3 Å². The third kappa shape index (κ3) is 4.30. The number of morpholine rings is 1. The molecule has 1 fully saturated rings. The van der Waals surface area contributed by atoms with Gasteiger partial charge in [-0.25, -0.2) is 9.97 Å². The standard InChI is InChI=1S/C22H24N4O3/c1-15(2)20-19(25-22(29-20)16-6-4-3-5-7-16)21(27)24-17-8-9-18(23-14-17)26-10-12-28-13-11-26/h3-9,14-15H,10-13H2,1-2H3,(H,24,27). The van der Waals surface area contributed by atoms with Crippen LogP contribution in [0.4, 0.5) is 11.5 Å². The number of hydrogen-bond acceptors (Lipinski definition) is 6. The molecule has 3 heterocycles. The number of pyridine rings is 1. The molecule has 4 rings (SSSR count). The molecule has 29 heavy (non-hydrogen) atoms. The van der Waals surface area contributed by atoms with Crippen molar-refractivity contribution in [3.8, 4) is 11.5 Å². The van der Waals surface area contributed by atoms with E-state index in [1.165, 1.54) is 0 Å². The smallest absolute Gasteiger partial charge is 0.277 e. The van der Waals surface area contributed by atoms with Crippen LogP contribution in [0.15, 0.2) is 53.1 Å². The molecule has 0 saturated carbocycles. The normalized spacial score (nSPS) is 14.2. The first-order chi connectivity index (χ1) is 14.1. The number of oxazole rings is 1. The molecule has 0 atom stereocenters. The minimum atomic E-state index is -0.305. The lowest BCUT2D eigenvalue weighted by Crippen LogP contribution is -2.36. The van der Waals surface area contributed by atoms with Crippen molar-refractivity contribution in [3.63, 3.8) is 0 Å². The summed E-state index contributed by atoms with van der Waals surface area (Å²) in [6.45, 7) is 6.99. The van der Waals surface area contributed by atoms with E-state index in [1.54, 1.807) is 6.20 Å². The Morgan fingerprint density at radius 3 is 2.52 bits per heavy atom. The number of benzene rings is 1. The Hall–Kier alpha value is -3.19. The molecule has 2 aromatic heterocycles. The summed E-state index contributed by atoms with van der Waals surface area (Å²) in [5.41, 5.74) is 1.76. The van der Waals surface area contributed by atoms with Gasteiger partial charge in [-0.3, -0.25) is 4.79 Å². The maximum absolute atomic E-state index is 12.9. The third-order valence-electron chi connectivity index (χ3n) is 4.75. The summed E-state index contributed by atoms with van der Waals surface area (Å²) < 4.78 is 11.3. The van der Waals surface area contributed by atoms with Crippen molar-refractivity contribution < 1.29 is 13.9 Å². The number of anilines is 2. The summed E-state index contributed by atoms with van der Waals surface area (Å²) in [6.07, 6.45) is 1.66. The molecule has 150 valence electrons. The molecule has 0 aliphatic carbocycles. The second-order valence-electron chi connectivity index (χ2n) is 7.21. The number of carbonyl (C=O) groups is 1. The summed E-state index contributed by atoms with van der Waals surface area (Å²) in [5, 5.41) is 2.88. The molecule has 3 aromatic rings. The quantitative estimate of drug-likeness (QED) is 0.708. The third-order valence-corrected chi connectivity index (χ3v) is 4.75. The Labute approximate surface area is 169 Å². The van der Waals surface area contributed by atoms with E-state index in [9.17, 15) is 4.79 Å². The van der Waals surface area contributed by atoms with Crippen LogP contribution in [-0.2, 0) is 4.74 Å². The fraction of sp³-hybridized carbons (Fsp3) is 0.318. The number of carbonyl (C=O) groups excluding carboxylic acids is 1. The molecule has 0 spiro atoms. The van der Waals surface area contributed by atoms with Crippen LogP contribution >= 0.6 is 0 Å². The van der Waals surface area contributed by atoms with Crippen LogP contribution in [0, 0.1) is 0 Å². The molecule has 1 amide bonds. The topological polar surface area (TPSA) is 80.5 Å². The number of rotatable bonds is 5. The summed E-state index contributed by atoms with van der Waals surface area (Å²) in [5.74, 6) is 1.62. The molecular weight excluding hydrogens is 368 g/mol. The van der Waals surface area contributed by atoms with Gasteiger partial charge in [0.15, 0.2) is 5.69 Å². The Morgan fingerprint density at radius 1 is 1.10 bits per heavy atom. The van der Waals surface area contributed by atoms with Crippen molar-refractivity contribution >= 4 is 17.4 Å². The van der Waals surface area contributed by atoms with Gasteiger partial charge in [-0.15, -0.1) is 0 Å². The Morgan fingerprint density at radius 2 is 1.86 bits per heavy atom. The lowest BCUT2D eigenvalue weighted by Gasteiger charge is -2.27. The predicted octanol–water partition coefficient (Wildman–Crippen LogP) is 3.95. The highest BCUT2D eigenvalue weighted by atomic mass is 16.5. The summed E-state index contributed by atoms with van der Waals surface area (Å²) in [4.78, 5) is 24.0. The maximum Gasteiger partial charge on any atom is 0.277 e. The molecule has 0 unspecified atom stereocenters. The zero-order valence-corrected chi connectivity index (χ0v) is 16.6. The van der Waals surface area contributed by atoms with E-state index >= 15 is 0 Å². The summed E-state index contributed by atoms with van der Waals surface area (Å²) >= 11 is 0. The largest absolute Gasteiger partial charge is 0.440 e. The van der Waals surface area contributed by atoms with E-state index in [1.807, 2.05) is 56.3 Å². The van der Waals surface area contributed by atoms with Crippen LogP contribution in [0.3, 0.4) is 0 Å². The van der Waals surface area contributed by atoms with Crippen LogP contribution in [0.5, 0.6) is 0 Å². The Bertz CT molecular complexity index is 961. The molecular formula is C22H24N4O3. The van der Waals surface area contributed by atoms with E-state index in [0.29, 0.717) is 36.2 Å². The molecule has 0 bridgehead atoms. The van der Waals surface area contributed by atoms with E-state index in [2.05, 4.69) is 20.2 Å². The van der Waals surface area contributed by atoms with Gasteiger partial charge < -0.3 is 19.4 Å². The van der Waals surface area contributed by atoms with Crippen molar-refractivity contribution in [3.05, 3.63) is 60.1 Å². The van der Waals surface area contributed by atoms with Crippen LogP contribution in [-0.4, -0.2) is 42.2 Å². The number of hydrogen-bond donors (Lipinski definition) is 1. The SMILES string of the molecule is CC(C)c1oc(-c2ccccc2)nc1C(=O)Nc1ccc(N2CCOCC2)nc1. The molecule has 0 radical (unpaired) electrons. The first-order valence-corrected chi connectivity index (χ1v) is 9.78. The molecule has 1 N–H and O–H groups in total. The van der Waals surface area contributed by atoms with E-state index < -0.39 is 0 Å². The molecule has 1 aromatic carbocycles. The molecule has 7 heteroatoms. The zero-order chi connectivity index (χ0) is 20.2. The van der Waals surface area contributed by atoms with Gasteiger partial charge in [0.25, 0.3) is 5.91 Å². The van der Waals surface area contributed by atoms with Gasteiger partial charge in [0.1, 0.15) is 11.6 Å². The van der Waals surface area contributed by atoms with Crippen molar-refractivity contribution in [1.29, 1.82) is 0 Å². The highest BCUT2D eigenvalue weighted by Gasteiger charge is 2.23. The number of nitrogens with one attached hydrogen (secondary N) is 1. The first-order valence-electron chi connectivity index (χ1n) is 9.78.